The zero-order valence-electron chi connectivity index (χ0n) is 9.08. The fraction of sp³-hybridized carbons (Fsp3) is 0.800. The minimum Gasteiger partial charge on any atom is -0.351 e. The normalized spacial score (nSPS) is 21.9. The number of nitrogens with zero attached hydrogens (tertiary/aromatic N) is 3. The highest BCUT2D eigenvalue weighted by Gasteiger charge is 2.26. The Kier molecular flexibility index (Phi) is 3.82. The Bertz CT molecular complexity index is 255. The van der Waals surface area contributed by atoms with Crippen molar-refractivity contribution in [3.63, 3.8) is 0 Å². The lowest BCUT2D eigenvalue weighted by Crippen LogP contribution is -2.39. The minimum atomic E-state index is 0.451. The van der Waals surface area contributed by atoms with Crippen molar-refractivity contribution in [3.8, 4) is 6.19 Å². The van der Waals surface area contributed by atoms with Crippen LogP contribution in [0.2, 0.25) is 0 Å². The van der Waals surface area contributed by atoms with Crippen molar-refractivity contribution in [2.75, 3.05) is 19.3 Å². The van der Waals surface area contributed by atoms with Gasteiger partial charge in [0.05, 0.1) is 0 Å². The quantitative estimate of drug-likeness (QED) is 0.351. The Hall–Kier alpha value is -0.690. The molecule has 78 valence electrons. The van der Waals surface area contributed by atoms with E-state index in [0.717, 1.165) is 18.3 Å². The van der Waals surface area contributed by atoms with Crippen molar-refractivity contribution >= 4 is 16.9 Å². The first-order valence-corrected chi connectivity index (χ1v) is 6.07. The van der Waals surface area contributed by atoms with E-state index in [2.05, 4.69) is 23.7 Å². The number of hydrogen-bond acceptors (Lipinski definition) is 3. The SMILES string of the molecule is CSC(=NC#N)N1CCC(C)(C)CC1. The molecule has 0 aromatic carbocycles. The second-order valence-electron chi connectivity index (χ2n) is 4.35. The summed E-state index contributed by atoms with van der Waals surface area (Å²) in [6, 6.07) is 0. The van der Waals surface area contributed by atoms with Crippen LogP contribution >= 0.6 is 11.8 Å². The molecule has 1 fully saturated rings. The van der Waals surface area contributed by atoms with Crippen molar-refractivity contribution in [2.45, 2.75) is 26.7 Å². The van der Waals surface area contributed by atoms with E-state index in [-0.39, 0.29) is 0 Å². The molecule has 4 heteroatoms. The molecule has 0 saturated carbocycles. The van der Waals surface area contributed by atoms with Crippen LogP contribution in [0.4, 0.5) is 0 Å². The standard InChI is InChI=1S/C10H17N3S/c1-10(2)4-6-13(7-5-10)9(14-3)12-8-11/h4-7H2,1-3H3. The zero-order chi connectivity index (χ0) is 10.6. The first-order valence-electron chi connectivity index (χ1n) is 4.85. The first kappa shape index (κ1) is 11.4. The molecule has 1 aliphatic heterocycles. The van der Waals surface area contributed by atoms with Gasteiger partial charge >= 0.3 is 0 Å². The summed E-state index contributed by atoms with van der Waals surface area (Å²) < 4.78 is 0. The lowest BCUT2D eigenvalue weighted by atomic mass is 9.83. The average molecular weight is 211 g/mol. The van der Waals surface area contributed by atoms with Crippen LogP contribution in [-0.2, 0) is 0 Å². The van der Waals surface area contributed by atoms with Crippen LogP contribution in [-0.4, -0.2) is 29.4 Å². The van der Waals surface area contributed by atoms with Gasteiger partial charge in [-0.3, -0.25) is 0 Å². The number of likely N-dealkylation sites (tertiary alicyclic amines) is 1. The van der Waals surface area contributed by atoms with Crippen molar-refractivity contribution < 1.29 is 0 Å². The van der Waals surface area contributed by atoms with Gasteiger partial charge in [0.2, 0.25) is 6.19 Å². The predicted molar refractivity (Wildman–Crippen MR) is 61.2 cm³/mol. The Morgan fingerprint density at radius 1 is 1.43 bits per heavy atom. The van der Waals surface area contributed by atoms with Gasteiger partial charge in [-0.05, 0) is 24.5 Å². The third-order valence-corrected chi connectivity index (χ3v) is 3.43. The average Bonchev–Trinajstić information content (AvgIpc) is 2.15. The Morgan fingerprint density at radius 3 is 2.43 bits per heavy atom. The van der Waals surface area contributed by atoms with Crippen molar-refractivity contribution in [1.82, 2.24) is 4.90 Å². The van der Waals surface area contributed by atoms with Gasteiger partial charge in [0.1, 0.15) is 0 Å². The molecule has 14 heavy (non-hydrogen) atoms. The van der Waals surface area contributed by atoms with Crippen molar-refractivity contribution in [3.05, 3.63) is 0 Å². The highest BCUT2D eigenvalue weighted by Crippen LogP contribution is 2.30. The summed E-state index contributed by atoms with van der Waals surface area (Å²) in [5.41, 5.74) is 0.451. The van der Waals surface area contributed by atoms with Crippen LogP contribution in [0, 0.1) is 16.9 Å². The van der Waals surface area contributed by atoms with Gasteiger partial charge < -0.3 is 4.90 Å². The van der Waals surface area contributed by atoms with E-state index in [9.17, 15) is 0 Å². The van der Waals surface area contributed by atoms with Crippen LogP contribution in [0.3, 0.4) is 0 Å². The van der Waals surface area contributed by atoms with E-state index in [0.29, 0.717) is 5.41 Å². The number of rotatable bonds is 0. The lowest BCUT2D eigenvalue weighted by Gasteiger charge is -2.37. The Balaban J connectivity index is 2.57. The van der Waals surface area contributed by atoms with E-state index < -0.39 is 0 Å². The number of piperidine rings is 1. The maximum absolute atomic E-state index is 8.52. The molecule has 0 N–H and O–H groups in total. The topological polar surface area (TPSA) is 39.4 Å². The molecule has 0 aromatic heterocycles. The van der Waals surface area contributed by atoms with Gasteiger partial charge in [-0.1, -0.05) is 25.6 Å². The highest BCUT2D eigenvalue weighted by atomic mass is 32.2. The maximum atomic E-state index is 8.52. The number of hydrogen-bond donors (Lipinski definition) is 0. The third kappa shape index (κ3) is 2.91. The van der Waals surface area contributed by atoms with Gasteiger partial charge in [-0.25, -0.2) is 0 Å². The van der Waals surface area contributed by atoms with Crippen LogP contribution in [0.5, 0.6) is 0 Å². The van der Waals surface area contributed by atoms with E-state index in [4.69, 9.17) is 5.26 Å². The molecule has 0 aliphatic carbocycles. The maximum Gasteiger partial charge on any atom is 0.208 e. The number of nitriles is 1. The van der Waals surface area contributed by atoms with Gasteiger partial charge in [0.25, 0.3) is 0 Å². The largest absolute Gasteiger partial charge is 0.351 e. The Morgan fingerprint density at radius 2 is 2.00 bits per heavy atom. The molecule has 0 unspecified atom stereocenters. The summed E-state index contributed by atoms with van der Waals surface area (Å²) in [7, 11) is 0. The monoisotopic (exact) mass is 211 g/mol. The molecular formula is C10H17N3S. The molecule has 0 radical (unpaired) electrons. The van der Waals surface area contributed by atoms with Crippen LogP contribution in [0.25, 0.3) is 0 Å². The molecule has 0 atom stereocenters. The van der Waals surface area contributed by atoms with Gasteiger partial charge in [0, 0.05) is 13.1 Å². The van der Waals surface area contributed by atoms with Gasteiger partial charge in [0.15, 0.2) is 5.17 Å². The lowest BCUT2D eigenvalue weighted by molar-refractivity contribution is 0.191. The summed E-state index contributed by atoms with van der Waals surface area (Å²) in [6.45, 7) is 6.64. The van der Waals surface area contributed by atoms with Gasteiger partial charge in [-0.2, -0.15) is 5.26 Å². The molecule has 1 heterocycles. The summed E-state index contributed by atoms with van der Waals surface area (Å²) in [4.78, 5) is 6.03. The number of amidine groups is 1. The molecule has 1 saturated heterocycles. The summed E-state index contributed by atoms with van der Waals surface area (Å²) in [5.74, 6) is 0. The van der Waals surface area contributed by atoms with Crippen LogP contribution in [0.1, 0.15) is 26.7 Å². The molecule has 1 rings (SSSR count). The zero-order valence-corrected chi connectivity index (χ0v) is 9.89. The summed E-state index contributed by atoms with van der Waals surface area (Å²) in [5, 5.41) is 9.39. The van der Waals surface area contributed by atoms with Crippen LogP contribution < -0.4 is 0 Å². The molecule has 0 amide bonds. The summed E-state index contributed by atoms with van der Waals surface area (Å²) >= 11 is 1.55. The first-order chi connectivity index (χ1) is 6.59. The van der Waals surface area contributed by atoms with E-state index >= 15 is 0 Å². The highest BCUT2D eigenvalue weighted by molar-refractivity contribution is 8.13. The number of aliphatic imine (C=N–C) groups is 1. The van der Waals surface area contributed by atoms with Crippen LogP contribution in [0.15, 0.2) is 4.99 Å². The fourth-order valence-corrected chi connectivity index (χ4v) is 2.16. The smallest absolute Gasteiger partial charge is 0.208 e. The molecule has 1 aliphatic rings. The van der Waals surface area contributed by atoms with Gasteiger partial charge in [-0.15, -0.1) is 4.99 Å². The number of thioether (sulfide) groups is 1. The molecule has 0 spiro atoms. The fourth-order valence-electron chi connectivity index (χ4n) is 1.59. The van der Waals surface area contributed by atoms with E-state index in [1.54, 1.807) is 11.8 Å². The Labute approximate surface area is 90.2 Å². The van der Waals surface area contributed by atoms with E-state index in [1.807, 2.05) is 12.4 Å². The summed E-state index contributed by atoms with van der Waals surface area (Å²) in [6.07, 6.45) is 6.19. The third-order valence-electron chi connectivity index (χ3n) is 2.72. The van der Waals surface area contributed by atoms with Crippen molar-refractivity contribution in [2.24, 2.45) is 10.4 Å². The second kappa shape index (κ2) is 4.70. The molecule has 0 bridgehead atoms. The second-order valence-corrected chi connectivity index (χ2v) is 5.12. The molecule has 0 aromatic rings. The van der Waals surface area contributed by atoms with Crippen molar-refractivity contribution in [1.29, 1.82) is 5.26 Å². The molecular weight excluding hydrogens is 194 g/mol. The minimum absolute atomic E-state index is 0.451. The van der Waals surface area contributed by atoms with E-state index in [1.165, 1.54) is 12.8 Å². The predicted octanol–water partition coefficient (Wildman–Crippen LogP) is 2.31. The molecule has 3 nitrogen and oxygen atoms in total.